The topological polar surface area (TPSA) is 82.7 Å². The van der Waals surface area contributed by atoms with Crippen LogP contribution in [-0.4, -0.2) is 34.9 Å². The number of aliphatic hydroxyl groups is 2. The van der Waals surface area contributed by atoms with E-state index >= 15 is 0 Å². The number of nitrogens with one attached hydrogen (secondary N) is 1. The molecule has 2 rings (SSSR count). The Morgan fingerprint density at radius 3 is 2.63 bits per heavy atom. The highest BCUT2D eigenvalue weighted by Crippen LogP contribution is 2.21. The van der Waals surface area contributed by atoms with Crippen LogP contribution in [0.4, 0.5) is 0 Å². The van der Waals surface area contributed by atoms with Gasteiger partial charge in [0, 0.05) is 5.39 Å². The summed E-state index contributed by atoms with van der Waals surface area (Å²) < 4.78 is 5.44. The van der Waals surface area contributed by atoms with Crippen LogP contribution in [0.15, 0.2) is 28.7 Å². The molecule has 0 radical (unpaired) electrons. The zero-order valence-corrected chi connectivity index (χ0v) is 10.9. The van der Waals surface area contributed by atoms with Crippen LogP contribution < -0.4 is 5.32 Å². The summed E-state index contributed by atoms with van der Waals surface area (Å²) in [7, 11) is 0. The number of benzene rings is 1. The quantitative estimate of drug-likeness (QED) is 0.774. The van der Waals surface area contributed by atoms with Gasteiger partial charge in [-0.15, -0.1) is 0 Å². The van der Waals surface area contributed by atoms with Crippen LogP contribution in [0.2, 0.25) is 0 Å². The summed E-state index contributed by atoms with van der Waals surface area (Å²) in [5.41, 5.74) is 0.646. The van der Waals surface area contributed by atoms with Crippen molar-refractivity contribution in [3.05, 3.63) is 35.6 Å². The molecule has 1 aromatic carbocycles. The molecule has 5 heteroatoms. The van der Waals surface area contributed by atoms with E-state index in [0.29, 0.717) is 5.58 Å². The van der Waals surface area contributed by atoms with Crippen LogP contribution >= 0.6 is 0 Å². The lowest BCUT2D eigenvalue weighted by Gasteiger charge is -2.25. The normalized spacial score (nSPS) is 11.8. The Morgan fingerprint density at radius 1 is 1.32 bits per heavy atom. The minimum absolute atomic E-state index is 0.161. The van der Waals surface area contributed by atoms with Gasteiger partial charge in [-0.05, 0) is 32.0 Å². The van der Waals surface area contributed by atoms with Gasteiger partial charge in [-0.1, -0.05) is 11.6 Å². The third kappa shape index (κ3) is 2.77. The Kier molecular flexibility index (Phi) is 3.59. The van der Waals surface area contributed by atoms with Crippen molar-refractivity contribution in [2.24, 2.45) is 0 Å². The maximum absolute atomic E-state index is 12.0. The molecule has 0 aliphatic rings. The first-order chi connectivity index (χ1) is 8.97. The fraction of sp³-hybridized carbons (Fsp3) is 0.357. The highest BCUT2D eigenvalue weighted by Gasteiger charge is 2.26. The number of hydrogen-bond donors (Lipinski definition) is 3. The molecule has 0 bridgehead atoms. The third-order valence-electron chi connectivity index (χ3n) is 3.01. The Morgan fingerprint density at radius 2 is 2.00 bits per heavy atom. The van der Waals surface area contributed by atoms with Gasteiger partial charge in [0.2, 0.25) is 0 Å². The Bertz CT molecular complexity index is 599. The zero-order chi connectivity index (χ0) is 14.0. The number of hydrogen-bond acceptors (Lipinski definition) is 4. The second-order valence-electron chi connectivity index (χ2n) is 4.98. The van der Waals surface area contributed by atoms with Gasteiger partial charge >= 0.3 is 0 Å². The number of aliphatic hydroxyl groups excluding tert-OH is 2. The van der Waals surface area contributed by atoms with E-state index in [4.69, 9.17) is 14.6 Å². The molecule has 0 aliphatic heterocycles. The third-order valence-corrected chi connectivity index (χ3v) is 3.01. The van der Waals surface area contributed by atoms with Crippen LogP contribution in [0.25, 0.3) is 11.0 Å². The van der Waals surface area contributed by atoms with Crippen molar-refractivity contribution >= 4 is 16.9 Å². The van der Waals surface area contributed by atoms with Crippen LogP contribution in [0.5, 0.6) is 0 Å². The van der Waals surface area contributed by atoms with Crippen molar-refractivity contribution < 1.29 is 19.4 Å². The van der Waals surface area contributed by atoms with E-state index < -0.39 is 11.4 Å². The van der Waals surface area contributed by atoms with E-state index in [1.807, 2.05) is 19.1 Å². The van der Waals surface area contributed by atoms with Crippen molar-refractivity contribution in [1.29, 1.82) is 0 Å². The number of fused-ring (bicyclic) bond motifs is 1. The largest absolute Gasteiger partial charge is 0.451 e. The van der Waals surface area contributed by atoms with Crippen LogP contribution in [0.1, 0.15) is 23.0 Å². The fourth-order valence-corrected chi connectivity index (χ4v) is 1.74. The van der Waals surface area contributed by atoms with E-state index in [2.05, 4.69) is 5.32 Å². The predicted molar refractivity (Wildman–Crippen MR) is 71.0 cm³/mol. The second kappa shape index (κ2) is 5.03. The van der Waals surface area contributed by atoms with Gasteiger partial charge in [-0.2, -0.15) is 0 Å². The van der Waals surface area contributed by atoms with Gasteiger partial charge in [0.15, 0.2) is 5.76 Å². The van der Waals surface area contributed by atoms with Gasteiger partial charge < -0.3 is 19.9 Å². The van der Waals surface area contributed by atoms with Crippen molar-refractivity contribution in [2.75, 3.05) is 13.2 Å². The van der Waals surface area contributed by atoms with E-state index in [-0.39, 0.29) is 19.0 Å². The summed E-state index contributed by atoms with van der Waals surface area (Å²) in [4.78, 5) is 12.0. The van der Waals surface area contributed by atoms with Crippen molar-refractivity contribution in [1.82, 2.24) is 5.32 Å². The van der Waals surface area contributed by atoms with Crippen LogP contribution in [-0.2, 0) is 0 Å². The number of carbonyl (C=O) groups is 1. The van der Waals surface area contributed by atoms with Gasteiger partial charge in [0.05, 0.1) is 18.8 Å². The van der Waals surface area contributed by atoms with Gasteiger partial charge in [0.1, 0.15) is 5.58 Å². The summed E-state index contributed by atoms with van der Waals surface area (Å²) in [6.07, 6.45) is 0. The number of amides is 1. The molecule has 0 fully saturated rings. The molecule has 0 saturated heterocycles. The average molecular weight is 263 g/mol. The van der Waals surface area contributed by atoms with E-state index in [1.54, 1.807) is 19.1 Å². The minimum Gasteiger partial charge on any atom is -0.451 e. The highest BCUT2D eigenvalue weighted by molar-refractivity contribution is 5.96. The lowest BCUT2D eigenvalue weighted by atomic mass is 10.1. The fourth-order valence-electron chi connectivity index (χ4n) is 1.74. The molecule has 0 unspecified atom stereocenters. The van der Waals surface area contributed by atoms with Crippen molar-refractivity contribution in [3.8, 4) is 0 Å². The molecule has 1 heterocycles. The Labute approximate surface area is 110 Å². The highest BCUT2D eigenvalue weighted by atomic mass is 16.3. The minimum atomic E-state index is -1.06. The molecule has 0 aliphatic carbocycles. The lowest BCUT2D eigenvalue weighted by Crippen LogP contribution is -2.51. The predicted octanol–water partition coefficient (Wildman–Crippen LogP) is 1.21. The van der Waals surface area contributed by atoms with Gasteiger partial charge in [-0.25, -0.2) is 0 Å². The number of aryl methyl sites for hydroxylation is 1. The van der Waals surface area contributed by atoms with E-state index in [0.717, 1.165) is 10.9 Å². The molecule has 0 atom stereocenters. The summed E-state index contributed by atoms with van der Waals surface area (Å²) >= 11 is 0. The smallest absolute Gasteiger partial charge is 0.287 e. The Balaban J connectivity index is 2.27. The first-order valence-electron chi connectivity index (χ1n) is 6.02. The van der Waals surface area contributed by atoms with Crippen molar-refractivity contribution in [2.45, 2.75) is 19.4 Å². The molecule has 0 spiro atoms. The lowest BCUT2D eigenvalue weighted by molar-refractivity contribution is 0.0702. The number of furan rings is 1. The van der Waals surface area contributed by atoms with E-state index in [1.165, 1.54) is 0 Å². The van der Waals surface area contributed by atoms with Gasteiger partial charge in [0.25, 0.3) is 5.91 Å². The molecule has 0 saturated carbocycles. The molecule has 5 nitrogen and oxygen atoms in total. The van der Waals surface area contributed by atoms with Crippen LogP contribution in [0, 0.1) is 6.92 Å². The number of carbonyl (C=O) groups excluding carboxylic acids is 1. The standard InChI is InChI=1S/C14H17NO4/c1-9-3-4-11-10(5-9)6-12(19-11)13(18)15-14(2,7-16)8-17/h3-6,16-17H,7-8H2,1-2H3,(H,15,18). The molecule has 1 aromatic heterocycles. The average Bonchev–Trinajstić information content (AvgIpc) is 2.81. The van der Waals surface area contributed by atoms with Crippen molar-refractivity contribution in [3.63, 3.8) is 0 Å². The zero-order valence-electron chi connectivity index (χ0n) is 10.9. The molecule has 2 aromatic rings. The first kappa shape index (κ1) is 13.6. The number of rotatable bonds is 4. The second-order valence-corrected chi connectivity index (χ2v) is 4.98. The SMILES string of the molecule is Cc1ccc2oc(C(=O)NC(C)(CO)CO)cc2c1. The maximum atomic E-state index is 12.0. The Hall–Kier alpha value is -1.85. The van der Waals surface area contributed by atoms with Crippen LogP contribution in [0.3, 0.4) is 0 Å². The van der Waals surface area contributed by atoms with E-state index in [9.17, 15) is 4.79 Å². The molecular weight excluding hydrogens is 246 g/mol. The summed E-state index contributed by atoms with van der Waals surface area (Å²) in [6.45, 7) is 2.81. The molecule has 19 heavy (non-hydrogen) atoms. The molecule has 1 amide bonds. The molecular formula is C14H17NO4. The summed E-state index contributed by atoms with van der Waals surface area (Å²) in [6, 6.07) is 7.28. The van der Waals surface area contributed by atoms with Gasteiger partial charge in [-0.3, -0.25) is 4.79 Å². The monoisotopic (exact) mass is 263 g/mol. The summed E-state index contributed by atoms with van der Waals surface area (Å²) in [5, 5.41) is 21.7. The molecule has 102 valence electrons. The summed E-state index contributed by atoms with van der Waals surface area (Å²) in [5.74, 6) is -0.298. The molecule has 3 N–H and O–H groups in total. The first-order valence-corrected chi connectivity index (χ1v) is 6.02. The maximum Gasteiger partial charge on any atom is 0.287 e.